The molecule has 1 aromatic heterocycles. The predicted molar refractivity (Wildman–Crippen MR) is 72.1 cm³/mol. The van der Waals surface area contributed by atoms with Crippen LogP contribution in [-0.4, -0.2) is 15.4 Å². The van der Waals surface area contributed by atoms with Crippen molar-refractivity contribution in [3.8, 4) is 11.3 Å². The lowest BCUT2D eigenvalue weighted by molar-refractivity contribution is 0.690. The maximum Gasteiger partial charge on any atom is 0.113 e. The molecule has 1 aromatic carbocycles. The van der Waals surface area contributed by atoms with E-state index in [1.807, 2.05) is 49.4 Å². The molecule has 1 unspecified atom stereocenters. The SMILES string of the molecule is Cc1cccc(-c2ccc(NS(C)=O)cc2)n1. The molecule has 0 aliphatic carbocycles. The lowest BCUT2D eigenvalue weighted by Crippen LogP contribution is -2.00. The minimum absolute atomic E-state index is 0.849. The zero-order valence-electron chi connectivity index (χ0n) is 9.81. The molecular weight excluding hydrogens is 232 g/mol. The first-order chi connectivity index (χ1) is 8.15. The molecule has 0 saturated carbocycles. The van der Waals surface area contributed by atoms with Crippen LogP contribution >= 0.6 is 0 Å². The highest BCUT2D eigenvalue weighted by atomic mass is 32.2. The van der Waals surface area contributed by atoms with E-state index in [0.717, 1.165) is 22.6 Å². The number of benzene rings is 1. The third kappa shape index (κ3) is 3.14. The predicted octanol–water partition coefficient (Wildman–Crippen LogP) is 2.76. The number of nitrogens with zero attached hydrogens (tertiary/aromatic N) is 1. The Morgan fingerprint density at radius 1 is 1.12 bits per heavy atom. The second kappa shape index (κ2) is 5.10. The average Bonchev–Trinajstić information content (AvgIpc) is 2.29. The molecule has 4 heteroatoms. The Kier molecular flexibility index (Phi) is 3.54. The maximum atomic E-state index is 11.0. The smallest absolute Gasteiger partial charge is 0.113 e. The van der Waals surface area contributed by atoms with Crippen LogP contribution in [0, 0.1) is 6.92 Å². The standard InChI is InChI=1S/C13H14N2OS/c1-10-4-3-5-13(14-10)11-6-8-12(9-7-11)15-17(2)16/h3-9,15H,1-2H3. The van der Waals surface area contributed by atoms with Crippen molar-refractivity contribution in [3.05, 3.63) is 48.2 Å². The van der Waals surface area contributed by atoms with Crippen molar-refractivity contribution >= 4 is 16.7 Å². The molecule has 1 heterocycles. The van der Waals surface area contributed by atoms with Crippen molar-refractivity contribution in [2.75, 3.05) is 11.0 Å². The van der Waals surface area contributed by atoms with E-state index in [1.54, 1.807) is 6.26 Å². The number of nitrogens with one attached hydrogen (secondary N) is 1. The fourth-order valence-corrected chi connectivity index (χ4v) is 2.05. The minimum Gasteiger partial charge on any atom is -0.305 e. The molecule has 17 heavy (non-hydrogen) atoms. The van der Waals surface area contributed by atoms with Crippen LogP contribution in [0.1, 0.15) is 5.69 Å². The lowest BCUT2D eigenvalue weighted by atomic mass is 10.1. The molecule has 2 aromatic rings. The van der Waals surface area contributed by atoms with Crippen LogP contribution in [-0.2, 0) is 11.0 Å². The van der Waals surface area contributed by atoms with Gasteiger partial charge in [0, 0.05) is 23.2 Å². The van der Waals surface area contributed by atoms with Crippen molar-refractivity contribution in [2.24, 2.45) is 0 Å². The summed E-state index contributed by atoms with van der Waals surface area (Å²) in [5.74, 6) is 0. The summed E-state index contributed by atoms with van der Waals surface area (Å²) in [5, 5.41) is 0. The van der Waals surface area contributed by atoms with Gasteiger partial charge in [-0.3, -0.25) is 4.98 Å². The summed E-state index contributed by atoms with van der Waals surface area (Å²) in [6.45, 7) is 1.97. The molecule has 0 saturated heterocycles. The molecule has 0 radical (unpaired) electrons. The van der Waals surface area contributed by atoms with E-state index in [0.29, 0.717) is 0 Å². The van der Waals surface area contributed by atoms with Crippen LogP contribution in [0.15, 0.2) is 42.5 Å². The number of rotatable bonds is 3. The summed E-state index contributed by atoms with van der Waals surface area (Å²) in [6.07, 6.45) is 1.61. The number of anilines is 1. The Morgan fingerprint density at radius 2 is 1.82 bits per heavy atom. The first-order valence-electron chi connectivity index (χ1n) is 5.29. The zero-order valence-corrected chi connectivity index (χ0v) is 10.6. The van der Waals surface area contributed by atoms with Crippen molar-refractivity contribution in [3.63, 3.8) is 0 Å². The van der Waals surface area contributed by atoms with Crippen LogP contribution in [0.3, 0.4) is 0 Å². The molecule has 0 aliphatic heterocycles. The van der Waals surface area contributed by atoms with Crippen molar-refractivity contribution < 1.29 is 4.21 Å². The molecule has 0 spiro atoms. The highest BCUT2D eigenvalue weighted by molar-refractivity contribution is 7.85. The Labute approximate surface area is 103 Å². The maximum absolute atomic E-state index is 11.0. The van der Waals surface area contributed by atoms with E-state index in [2.05, 4.69) is 9.71 Å². The quantitative estimate of drug-likeness (QED) is 0.904. The zero-order chi connectivity index (χ0) is 12.3. The summed E-state index contributed by atoms with van der Waals surface area (Å²) in [6, 6.07) is 13.7. The molecule has 1 atom stereocenters. The molecule has 0 aliphatic rings. The first kappa shape index (κ1) is 11.8. The van der Waals surface area contributed by atoms with Gasteiger partial charge >= 0.3 is 0 Å². The fourth-order valence-electron chi connectivity index (χ4n) is 1.58. The van der Waals surface area contributed by atoms with Gasteiger partial charge in [-0.05, 0) is 31.2 Å². The van der Waals surface area contributed by atoms with E-state index < -0.39 is 11.0 Å². The van der Waals surface area contributed by atoms with Crippen LogP contribution in [0.5, 0.6) is 0 Å². The third-order valence-corrected chi connectivity index (χ3v) is 2.85. The van der Waals surface area contributed by atoms with Gasteiger partial charge in [0.25, 0.3) is 0 Å². The topological polar surface area (TPSA) is 42.0 Å². The second-order valence-electron chi connectivity index (χ2n) is 3.80. The molecule has 3 nitrogen and oxygen atoms in total. The van der Waals surface area contributed by atoms with E-state index in [1.165, 1.54) is 0 Å². The fraction of sp³-hybridized carbons (Fsp3) is 0.154. The summed E-state index contributed by atoms with van der Waals surface area (Å²) >= 11 is 0. The van der Waals surface area contributed by atoms with Gasteiger partial charge in [0.2, 0.25) is 0 Å². The van der Waals surface area contributed by atoms with Gasteiger partial charge in [0.15, 0.2) is 0 Å². The molecule has 0 fully saturated rings. The number of hydrogen-bond donors (Lipinski definition) is 1. The van der Waals surface area contributed by atoms with E-state index in [9.17, 15) is 4.21 Å². The second-order valence-corrected chi connectivity index (χ2v) is 4.91. The first-order valence-corrected chi connectivity index (χ1v) is 6.85. The van der Waals surface area contributed by atoms with Gasteiger partial charge in [0.05, 0.1) is 5.69 Å². The molecule has 1 N–H and O–H groups in total. The summed E-state index contributed by atoms with van der Waals surface area (Å²) in [7, 11) is -1.04. The van der Waals surface area contributed by atoms with Crippen LogP contribution in [0.25, 0.3) is 11.3 Å². The number of hydrogen-bond acceptors (Lipinski definition) is 2. The highest BCUT2D eigenvalue weighted by Crippen LogP contribution is 2.19. The Balaban J connectivity index is 2.26. The van der Waals surface area contributed by atoms with Crippen LogP contribution < -0.4 is 4.72 Å². The highest BCUT2D eigenvalue weighted by Gasteiger charge is 2.00. The van der Waals surface area contributed by atoms with Crippen molar-refractivity contribution in [1.29, 1.82) is 0 Å². The van der Waals surface area contributed by atoms with Crippen LogP contribution in [0.2, 0.25) is 0 Å². The van der Waals surface area contributed by atoms with Gasteiger partial charge in [-0.1, -0.05) is 18.2 Å². The Morgan fingerprint density at radius 3 is 2.41 bits per heavy atom. The van der Waals surface area contributed by atoms with Gasteiger partial charge < -0.3 is 4.72 Å². The molecular formula is C13H14N2OS. The normalized spacial score (nSPS) is 12.1. The molecule has 2 rings (SSSR count). The van der Waals surface area contributed by atoms with E-state index >= 15 is 0 Å². The molecule has 0 bridgehead atoms. The monoisotopic (exact) mass is 246 g/mol. The van der Waals surface area contributed by atoms with Gasteiger partial charge in [-0.2, -0.15) is 0 Å². The van der Waals surface area contributed by atoms with Crippen molar-refractivity contribution in [2.45, 2.75) is 6.92 Å². The van der Waals surface area contributed by atoms with Gasteiger partial charge in [-0.15, -0.1) is 0 Å². The number of aryl methyl sites for hydroxylation is 1. The third-order valence-electron chi connectivity index (χ3n) is 2.33. The number of aromatic nitrogens is 1. The summed E-state index contributed by atoms with van der Waals surface area (Å²) in [5.41, 5.74) is 3.86. The van der Waals surface area contributed by atoms with Crippen LogP contribution in [0.4, 0.5) is 5.69 Å². The minimum atomic E-state index is -1.04. The van der Waals surface area contributed by atoms with Crippen molar-refractivity contribution in [1.82, 2.24) is 4.98 Å². The van der Waals surface area contributed by atoms with Gasteiger partial charge in [-0.25, -0.2) is 4.21 Å². The lowest BCUT2D eigenvalue weighted by Gasteiger charge is -2.05. The van der Waals surface area contributed by atoms with E-state index in [-0.39, 0.29) is 0 Å². The summed E-state index contributed by atoms with van der Waals surface area (Å²) in [4.78, 5) is 4.45. The largest absolute Gasteiger partial charge is 0.305 e. The average molecular weight is 246 g/mol. The summed E-state index contributed by atoms with van der Waals surface area (Å²) < 4.78 is 13.8. The number of pyridine rings is 1. The molecule has 88 valence electrons. The van der Waals surface area contributed by atoms with Gasteiger partial charge in [0.1, 0.15) is 11.0 Å². The Hall–Kier alpha value is -1.68. The Bertz CT molecular complexity index is 537. The molecule has 0 amide bonds. The van der Waals surface area contributed by atoms with E-state index in [4.69, 9.17) is 0 Å².